The normalized spacial score (nSPS) is 15.7. The van der Waals surface area contributed by atoms with Crippen LogP contribution in [0.3, 0.4) is 0 Å². The van der Waals surface area contributed by atoms with Crippen LogP contribution in [0.1, 0.15) is 37.8 Å². The van der Waals surface area contributed by atoms with E-state index in [1.807, 2.05) is 13.0 Å². The molecule has 0 radical (unpaired) electrons. The highest BCUT2D eigenvalue weighted by atomic mass is 32.2. The van der Waals surface area contributed by atoms with Crippen LogP contribution < -0.4 is 10.0 Å². The minimum atomic E-state index is -1.31. The van der Waals surface area contributed by atoms with Gasteiger partial charge >= 0.3 is 0 Å². The lowest BCUT2D eigenvalue weighted by Gasteiger charge is -2.25. The highest BCUT2D eigenvalue weighted by Crippen LogP contribution is 2.29. The Hall–Kier alpha value is -2.22. The SMILES string of the molecule is CCc1nnc(S/C(=C/c2ccc(N3CCCCC3)o2)C(=O)[O-])o1. The molecule has 0 bridgehead atoms. The van der Waals surface area contributed by atoms with E-state index in [0.717, 1.165) is 43.6 Å². The van der Waals surface area contributed by atoms with E-state index in [4.69, 9.17) is 8.83 Å². The topological polar surface area (TPSA) is 95.4 Å². The van der Waals surface area contributed by atoms with Crippen LogP contribution >= 0.6 is 11.8 Å². The number of aryl methyl sites for hydroxylation is 1. The molecule has 2 aromatic rings. The molecule has 1 fully saturated rings. The van der Waals surface area contributed by atoms with Gasteiger partial charge in [-0.15, -0.1) is 10.2 Å². The molecule has 0 N–H and O–H groups in total. The van der Waals surface area contributed by atoms with E-state index in [1.54, 1.807) is 6.07 Å². The minimum Gasteiger partial charge on any atom is -0.544 e. The van der Waals surface area contributed by atoms with Crippen LogP contribution in [0.5, 0.6) is 0 Å². The largest absolute Gasteiger partial charge is 0.544 e. The van der Waals surface area contributed by atoms with Gasteiger partial charge in [0, 0.05) is 30.5 Å². The number of carbonyl (C=O) groups excluding carboxylic acids is 1. The quantitative estimate of drug-likeness (QED) is 0.578. The van der Waals surface area contributed by atoms with Crippen LogP contribution in [-0.2, 0) is 11.2 Å². The number of aliphatic carboxylic acids is 1. The van der Waals surface area contributed by atoms with E-state index in [2.05, 4.69) is 15.1 Å². The predicted molar refractivity (Wildman–Crippen MR) is 87.3 cm³/mol. The van der Waals surface area contributed by atoms with Gasteiger partial charge in [0.25, 0.3) is 5.22 Å². The van der Waals surface area contributed by atoms with Crippen LogP contribution in [0.25, 0.3) is 6.08 Å². The number of thioether (sulfide) groups is 1. The summed E-state index contributed by atoms with van der Waals surface area (Å²) in [6.45, 7) is 3.80. The number of furan rings is 1. The van der Waals surface area contributed by atoms with Crippen molar-refractivity contribution in [2.24, 2.45) is 0 Å². The van der Waals surface area contributed by atoms with Crippen molar-refractivity contribution in [2.45, 2.75) is 37.8 Å². The monoisotopic (exact) mass is 348 g/mol. The standard InChI is InChI=1S/C16H19N3O4S/c1-2-13-17-18-16(23-13)24-12(15(20)21)10-11-6-7-14(22-11)19-8-4-3-5-9-19/h6-7,10H,2-5,8-9H2,1H3,(H,20,21)/p-1/b12-10+. The molecule has 0 aromatic carbocycles. The number of piperidine rings is 1. The molecule has 0 unspecified atom stereocenters. The maximum absolute atomic E-state index is 11.4. The smallest absolute Gasteiger partial charge is 0.281 e. The zero-order valence-electron chi connectivity index (χ0n) is 13.4. The van der Waals surface area contributed by atoms with Crippen molar-refractivity contribution in [3.8, 4) is 0 Å². The van der Waals surface area contributed by atoms with Crippen molar-refractivity contribution in [3.63, 3.8) is 0 Å². The average Bonchev–Trinajstić information content (AvgIpc) is 3.24. The third kappa shape index (κ3) is 4.00. The number of nitrogens with zero attached hydrogens (tertiary/aromatic N) is 3. The molecule has 8 heteroatoms. The molecule has 0 spiro atoms. The first-order valence-corrected chi connectivity index (χ1v) is 8.75. The van der Waals surface area contributed by atoms with Gasteiger partial charge in [-0.05, 0) is 43.2 Å². The summed E-state index contributed by atoms with van der Waals surface area (Å²) in [5.74, 6) is 0.361. The number of aromatic nitrogens is 2. The lowest BCUT2D eigenvalue weighted by molar-refractivity contribution is -0.298. The molecular formula is C16H18N3O4S-. The number of carboxylic acid groups (broad SMARTS) is 1. The Kier molecular flexibility index (Phi) is 5.24. The molecule has 2 aromatic heterocycles. The van der Waals surface area contributed by atoms with E-state index < -0.39 is 5.97 Å². The zero-order chi connectivity index (χ0) is 16.9. The molecule has 7 nitrogen and oxygen atoms in total. The van der Waals surface area contributed by atoms with Gasteiger partial charge in [0.05, 0.1) is 5.97 Å². The number of rotatable bonds is 6. The van der Waals surface area contributed by atoms with Gasteiger partial charge < -0.3 is 23.6 Å². The second-order valence-electron chi connectivity index (χ2n) is 5.44. The highest BCUT2D eigenvalue weighted by molar-refractivity contribution is 8.03. The number of hydrogen-bond acceptors (Lipinski definition) is 8. The fourth-order valence-electron chi connectivity index (χ4n) is 2.48. The third-order valence-electron chi connectivity index (χ3n) is 3.70. The summed E-state index contributed by atoms with van der Waals surface area (Å²) in [7, 11) is 0. The van der Waals surface area contributed by atoms with Crippen LogP contribution in [-0.4, -0.2) is 29.3 Å². The van der Waals surface area contributed by atoms with Gasteiger partial charge in [0.2, 0.25) is 5.89 Å². The molecule has 1 aliphatic heterocycles. The molecule has 0 aliphatic carbocycles. The van der Waals surface area contributed by atoms with Crippen molar-refractivity contribution >= 4 is 29.7 Å². The van der Waals surface area contributed by atoms with Crippen LogP contribution in [0.15, 0.2) is 31.1 Å². The molecule has 128 valence electrons. The Bertz CT molecular complexity index is 731. The van der Waals surface area contributed by atoms with Gasteiger partial charge in [0.1, 0.15) is 5.76 Å². The molecule has 1 aliphatic rings. The summed E-state index contributed by atoms with van der Waals surface area (Å²) < 4.78 is 11.1. The van der Waals surface area contributed by atoms with Gasteiger partial charge in [0.15, 0.2) is 5.88 Å². The Morgan fingerprint density at radius 3 is 2.75 bits per heavy atom. The molecule has 1 saturated heterocycles. The molecule has 3 rings (SSSR count). The first-order valence-electron chi connectivity index (χ1n) is 7.93. The summed E-state index contributed by atoms with van der Waals surface area (Å²) in [5, 5.41) is 19.1. The first-order chi connectivity index (χ1) is 11.7. The van der Waals surface area contributed by atoms with E-state index >= 15 is 0 Å². The fraction of sp³-hybridized carbons (Fsp3) is 0.438. The van der Waals surface area contributed by atoms with Crippen molar-refractivity contribution < 1.29 is 18.7 Å². The molecule has 3 heterocycles. The Morgan fingerprint density at radius 2 is 2.08 bits per heavy atom. The Labute approximate surface area is 143 Å². The lowest BCUT2D eigenvalue weighted by atomic mass is 10.1. The van der Waals surface area contributed by atoms with E-state index in [-0.39, 0.29) is 10.1 Å². The van der Waals surface area contributed by atoms with Gasteiger partial charge in [-0.3, -0.25) is 0 Å². The first kappa shape index (κ1) is 16.6. The van der Waals surface area contributed by atoms with Gasteiger partial charge in [-0.1, -0.05) is 6.92 Å². The Balaban J connectivity index is 1.75. The third-order valence-corrected chi connectivity index (χ3v) is 4.55. The number of anilines is 1. The highest BCUT2D eigenvalue weighted by Gasteiger charge is 2.15. The summed E-state index contributed by atoms with van der Waals surface area (Å²) >= 11 is 0.858. The number of hydrogen-bond donors (Lipinski definition) is 0. The van der Waals surface area contributed by atoms with Crippen LogP contribution in [0.2, 0.25) is 0 Å². The van der Waals surface area contributed by atoms with Gasteiger partial charge in [-0.25, -0.2) is 0 Å². The maximum atomic E-state index is 11.4. The van der Waals surface area contributed by atoms with Crippen LogP contribution in [0.4, 0.5) is 5.88 Å². The van der Waals surface area contributed by atoms with E-state index in [0.29, 0.717) is 18.1 Å². The second-order valence-corrected chi connectivity index (χ2v) is 6.43. The molecule has 0 atom stereocenters. The second kappa shape index (κ2) is 7.57. The van der Waals surface area contributed by atoms with E-state index in [9.17, 15) is 9.90 Å². The molecule has 24 heavy (non-hydrogen) atoms. The van der Waals surface area contributed by atoms with Crippen molar-refractivity contribution in [2.75, 3.05) is 18.0 Å². The molecular weight excluding hydrogens is 330 g/mol. The van der Waals surface area contributed by atoms with Crippen molar-refractivity contribution in [3.05, 3.63) is 28.7 Å². The number of carboxylic acids is 1. The summed E-state index contributed by atoms with van der Waals surface area (Å²) in [5.41, 5.74) is 0. The van der Waals surface area contributed by atoms with Crippen molar-refractivity contribution in [1.29, 1.82) is 0 Å². The van der Waals surface area contributed by atoms with Crippen LogP contribution in [0, 0.1) is 0 Å². The Morgan fingerprint density at radius 1 is 1.29 bits per heavy atom. The predicted octanol–water partition coefficient (Wildman–Crippen LogP) is 2.10. The average molecular weight is 348 g/mol. The number of carbonyl (C=O) groups is 1. The maximum Gasteiger partial charge on any atom is 0.281 e. The summed E-state index contributed by atoms with van der Waals surface area (Å²) in [4.78, 5) is 13.5. The summed E-state index contributed by atoms with van der Waals surface area (Å²) in [6, 6.07) is 3.61. The lowest BCUT2D eigenvalue weighted by Crippen LogP contribution is -2.28. The van der Waals surface area contributed by atoms with E-state index in [1.165, 1.54) is 12.5 Å². The van der Waals surface area contributed by atoms with Crippen molar-refractivity contribution in [1.82, 2.24) is 10.2 Å². The summed E-state index contributed by atoms with van der Waals surface area (Å²) in [6.07, 6.45) is 5.53. The molecule has 0 amide bonds. The zero-order valence-corrected chi connectivity index (χ0v) is 14.2. The fourth-order valence-corrected chi connectivity index (χ4v) is 3.15. The van der Waals surface area contributed by atoms with Gasteiger partial charge in [-0.2, -0.15) is 0 Å². The molecule has 0 saturated carbocycles. The minimum absolute atomic E-state index is 0.0409.